The van der Waals surface area contributed by atoms with Gasteiger partial charge in [-0.2, -0.15) is 0 Å². The molecule has 1 unspecified atom stereocenters. The van der Waals surface area contributed by atoms with E-state index in [1.54, 1.807) is 12.4 Å². The smallest absolute Gasteiger partial charge is 0.140 e. The van der Waals surface area contributed by atoms with Crippen LogP contribution in [0.2, 0.25) is 0 Å². The highest BCUT2D eigenvalue weighted by Gasteiger charge is 2.24. The van der Waals surface area contributed by atoms with Crippen molar-refractivity contribution in [2.75, 3.05) is 18.9 Å². The van der Waals surface area contributed by atoms with E-state index in [-0.39, 0.29) is 6.10 Å². The lowest BCUT2D eigenvalue weighted by Gasteiger charge is -2.33. The highest BCUT2D eigenvalue weighted by atomic mass is 16.5. The molecule has 1 aliphatic heterocycles. The average Bonchev–Trinajstić information content (AvgIpc) is 2.15. The highest BCUT2D eigenvalue weighted by molar-refractivity contribution is 5.44. The number of anilines is 1. The molecule has 1 fully saturated rings. The minimum absolute atomic E-state index is 0.202. The van der Waals surface area contributed by atoms with Crippen molar-refractivity contribution in [2.45, 2.75) is 25.5 Å². The van der Waals surface area contributed by atoms with Crippen molar-refractivity contribution in [3.8, 4) is 5.75 Å². The van der Waals surface area contributed by atoms with E-state index in [0.717, 1.165) is 18.0 Å². The molecule has 82 valence electrons. The summed E-state index contributed by atoms with van der Waals surface area (Å²) in [5, 5.41) is 6.37. The highest BCUT2D eigenvalue weighted by Crippen LogP contribution is 2.19. The Bertz CT molecular complexity index is 325. The molecule has 1 aliphatic rings. The van der Waals surface area contributed by atoms with E-state index in [1.165, 1.54) is 6.42 Å². The van der Waals surface area contributed by atoms with Gasteiger partial charge in [0.2, 0.25) is 0 Å². The lowest BCUT2D eigenvalue weighted by molar-refractivity contribution is 0.133. The average molecular weight is 207 g/mol. The third kappa shape index (κ3) is 2.39. The van der Waals surface area contributed by atoms with Crippen molar-refractivity contribution in [1.29, 1.82) is 0 Å². The summed E-state index contributed by atoms with van der Waals surface area (Å²) in [5.74, 6) is 0.822. The molecule has 15 heavy (non-hydrogen) atoms. The molecule has 0 radical (unpaired) electrons. The van der Waals surface area contributed by atoms with Crippen LogP contribution >= 0.6 is 0 Å². The molecule has 1 aromatic rings. The normalized spacial score (nSPS) is 21.6. The standard InChI is InChI=1S/C11H17N3O/c1-8(11-3-4-14-11)15-10-5-9(12-2)6-13-7-10/h5-8,11-12,14H,3-4H2,1-2H3/t8?,11-/m0/s1. The van der Waals surface area contributed by atoms with Crippen LogP contribution in [0.15, 0.2) is 18.5 Å². The van der Waals surface area contributed by atoms with E-state index in [1.807, 2.05) is 13.1 Å². The first-order valence-electron chi connectivity index (χ1n) is 5.32. The zero-order valence-corrected chi connectivity index (χ0v) is 9.16. The third-order valence-corrected chi connectivity index (χ3v) is 2.75. The number of nitrogens with one attached hydrogen (secondary N) is 2. The van der Waals surface area contributed by atoms with Crippen LogP contribution in [-0.4, -0.2) is 30.7 Å². The lowest BCUT2D eigenvalue weighted by Crippen LogP contribution is -2.51. The van der Waals surface area contributed by atoms with Gasteiger partial charge in [-0.05, 0) is 19.9 Å². The van der Waals surface area contributed by atoms with Gasteiger partial charge in [-0.25, -0.2) is 0 Å². The maximum Gasteiger partial charge on any atom is 0.140 e. The fraction of sp³-hybridized carbons (Fsp3) is 0.545. The monoisotopic (exact) mass is 207 g/mol. The van der Waals surface area contributed by atoms with E-state index in [4.69, 9.17) is 4.74 Å². The van der Waals surface area contributed by atoms with Crippen LogP contribution in [0.4, 0.5) is 5.69 Å². The van der Waals surface area contributed by atoms with E-state index in [2.05, 4.69) is 22.5 Å². The number of nitrogens with zero attached hydrogens (tertiary/aromatic N) is 1. The van der Waals surface area contributed by atoms with Gasteiger partial charge in [0.15, 0.2) is 0 Å². The van der Waals surface area contributed by atoms with Gasteiger partial charge in [-0.15, -0.1) is 0 Å². The van der Waals surface area contributed by atoms with Crippen LogP contribution in [0.25, 0.3) is 0 Å². The molecule has 0 aromatic carbocycles. The van der Waals surface area contributed by atoms with Crippen LogP contribution in [0.5, 0.6) is 5.75 Å². The summed E-state index contributed by atoms with van der Waals surface area (Å²) in [5.41, 5.74) is 0.973. The van der Waals surface area contributed by atoms with E-state index < -0.39 is 0 Å². The Labute approximate surface area is 90.0 Å². The van der Waals surface area contributed by atoms with Crippen molar-refractivity contribution in [3.63, 3.8) is 0 Å². The summed E-state index contributed by atoms with van der Waals surface area (Å²) in [4.78, 5) is 4.10. The molecule has 0 bridgehead atoms. The van der Waals surface area contributed by atoms with Gasteiger partial charge in [-0.3, -0.25) is 4.98 Å². The first-order valence-corrected chi connectivity index (χ1v) is 5.32. The number of hydrogen-bond donors (Lipinski definition) is 2. The molecule has 0 spiro atoms. The summed E-state index contributed by atoms with van der Waals surface area (Å²) >= 11 is 0. The quantitative estimate of drug-likeness (QED) is 0.780. The molecule has 0 amide bonds. The maximum atomic E-state index is 5.80. The van der Waals surface area contributed by atoms with Crippen molar-refractivity contribution < 1.29 is 4.74 Å². The summed E-state index contributed by atoms with van der Waals surface area (Å²) in [7, 11) is 1.87. The number of rotatable bonds is 4. The van der Waals surface area contributed by atoms with Gasteiger partial charge in [0, 0.05) is 19.2 Å². The summed E-state index contributed by atoms with van der Waals surface area (Å²) in [6, 6.07) is 2.45. The number of pyridine rings is 1. The van der Waals surface area contributed by atoms with Crippen LogP contribution in [-0.2, 0) is 0 Å². The number of hydrogen-bond acceptors (Lipinski definition) is 4. The maximum absolute atomic E-state index is 5.80. The Morgan fingerprint density at radius 3 is 3.00 bits per heavy atom. The summed E-state index contributed by atoms with van der Waals surface area (Å²) in [6.45, 7) is 3.19. The van der Waals surface area contributed by atoms with Crippen LogP contribution in [0.1, 0.15) is 13.3 Å². The number of ether oxygens (including phenoxy) is 1. The topological polar surface area (TPSA) is 46.2 Å². The van der Waals surface area contributed by atoms with Crippen molar-refractivity contribution in [2.24, 2.45) is 0 Å². The van der Waals surface area contributed by atoms with Crippen molar-refractivity contribution in [3.05, 3.63) is 18.5 Å². The molecule has 2 atom stereocenters. The van der Waals surface area contributed by atoms with Crippen LogP contribution in [0.3, 0.4) is 0 Å². The molecule has 0 saturated carbocycles. The first kappa shape index (κ1) is 10.2. The molecular weight excluding hydrogens is 190 g/mol. The van der Waals surface area contributed by atoms with Gasteiger partial charge in [0.1, 0.15) is 11.9 Å². The Balaban J connectivity index is 1.96. The van der Waals surface area contributed by atoms with E-state index in [9.17, 15) is 0 Å². The Hall–Kier alpha value is -1.29. The molecule has 2 heterocycles. The fourth-order valence-electron chi connectivity index (χ4n) is 1.63. The molecule has 2 N–H and O–H groups in total. The fourth-order valence-corrected chi connectivity index (χ4v) is 1.63. The third-order valence-electron chi connectivity index (χ3n) is 2.75. The van der Waals surface area contributed by atoms with Crippen molar-refractivity contribution in [1.82, 2.24) is 10.3 Å². The second-order valence-electron chi connectivity index (χ2n) is 3.83. The molecule has 0 aliphatic carbocycles. The van der Waals surface area contributed by atoms with E-state index in [0.29, 0.717) is 6.04 Å². The molecule has 4 nitrogen and oxygen atoms in total. The predicted molar refractivity (Wildman–Crippen MR) is 60.3 cm³/mol. The van der Waals surface area contributed by atoms with E-state index >= 15 is 0 Å². The van der Waals surface area contributed by atoms with Gasteiger partial charge in [-0.1, -0.05) is 0 Å². The van der Waals surface area contributed by atoms with Crippen LogP contribution in [0, 0.1) is 0 Å². The largest absolute Gasteiger partial charge is 0.487 e. The zero-order valence-electron chi connectivity index (χ0n) is 9.16. The first-order chi connectivity index (χ1) is 7.29. The summed E-state index contributed by atoms with van der Waals surface area (Å²) in [6.07, 6.45) is 4.92. The van der Waals surface area contributed by atoms with Gasteiger partial charge in [0.05, 0.1) is 18.1 Å². The zero-order chi connectivity index (χ0) is 10.7. The van der Waals surface area contributed by atoms with Gasteiger partial charge >= 0.3 is 0 Å². The summed E-state index contributed by atoms with van der Waals surface area (Å²) < 4.78 is 5.80. The number of aromatic nitrogens is 1. The minimum Gasteiger partial charge on any atom is -0.487 e. The molecule has 1 saturated heterocycles. The van der Waals surface area contributed by atoms with Crippen LogP contribution < -0.4 is 15.4 Å². The lowest BCUT2D eigenvalue weighted by atomic mass is 10.0. The van der Waals surface area contributed by atoms with Crippen molar-refractivity contribution >= 4 is 5.69 Å². The molecule has 2 rings (SSSR count). The molecular formula is C11H17N3O. The SMILES string of the molecule is CNc1cncc(OC(C)[C@@H]2CCN2)c1. The predicted octanol–water partition coefficient (Wildman–Crippen LogP) is 1.25. The molecule has 4 heteroatoms. The van der Waals surface area contributed by atoms with Gasteiger partial charge < -0.3 is 15.4 Å². The molecule has 1 aromatic heterocycles. The second-order valence-corrected chi connectivity index (χ2v) is 3.83. The second kappa shape index (κ2) is 4.49. The Kier molecular flexibility index (Phi) is 3.06. The Morgan fingerprint density at radius 1 is 1.60 bits per heavy atom. The minimum atomic E-state index is 0.202. The van der Waals surface area contributed by atoms with Gasteiger partial charge in [0.25, 0.3) is 0 Å². The Morgan fingerprint density at radius 2 is 2.40 bits per heavy atom.